The van der Waals surface area contributed by atoms with E-state index in [1.807, 2.05) is 47.4 Å². The molecule has 0 bridgehead atoms. The Balaban J connectivity index is 1.36. The predicted molar refractivity (Wildman–Crippen MR) is 146 cm³/mol. The van der Waals surface area contributed by atoms with Crippen molar-refractivity contribution in [2.24, 2.45) is 0 Å². The third-order valence-corrected chi connectivity index (χ3v) is 6.79. The van der Waals surface area contributed by atoms with Crippen molar-refractivity contribution in [2.45, 2.75) is 19.0 Å². The zero-order valence-electron chi connectivity index (χ0n) is 21.2. The van der Waals surface area contributed by atoms with Crippen LogP contribution in [0.25, 0.3) is 10.8 Å². The van der Waals surface area contributed by atoms with E-state index in [0.29, 0.717) is 36.9 Å². The fourth-order valence-electron chi connectivity index (χ4n) is 4.17. The lowest BCUT2D eigenvalue weighted by atomic mass is 10.1. The molecule has 4 rings (SSSR count). The van der Waals surface area contributed by atoms with Crippen molar-refractivity contribution in [1.29, 1.82) is 0 Å². The molecule has 3 aromatic rings. The number of benzene rings is 2. The van der Waals surface area contributed by atoms with Crippen LogP contribution >= 0.6 is 11.6 Å². The highest BCUT2D eigenvalue weighted by Crippen LogP contribution is 2.17. The minimum atomic E-state index is -0.667. The highest BCUT2D eigenvalue weighted by Gasteiger charge is 2.24. The summed E-state index contributed by atoms with van der Waals surface area (Å²) >= 11 is 6.21. The summed E-state index contributed by atoms with van der Waals surface area (Å²) < 4.78 is 5.50. The number of aromatic nitrogens is 1. The first kappa shape index (κ1) is 27.2. The molecule has 1 fully saturated rings. The van der Waals surface area contributed by atoms with E-state index in [9.17, 15) is 14.4 Å². The zero-order valence-corrected chi connectivity index (χ0v) is 21.9. The van der Waals surface area contributed by atoms with Crippen LogP contribution in [-0.2, 0) is 16.1 Å². The molecule has 1 aromatic heterocycles. The quantitative estimate of drug-likeness (QED) is 0.384. The molecule has 0 saturated carbocycles. The van der Waals surface area contributed by atoms with E-state index in [2.05, 4.69) is 20.9 Å². The monoisotopic (exact) mass is 538 g/mol. The Hall–Kier alpha value is -3.89. The summed E-state index contributed by atoms with van der Waals surface area (Å²) in [6, 6.07) is 16.0. The van der Waals surface area contributed by atoms with Crippen molar-refractivity contribution in [2.75, 3.05) is 45.2 Å². The number of hydrogen-bond acceptors (Lipinski definition) is 6. The fraction of sp³-hybridized carbons (Fsp3) is 0.333. The van der Waals surface area contributed by atoms with Crippen LogP contribution in [0.4, 0.5) is 15.4 Å². The lowest BCUT2D eigenvalue weighted by Crippen LogP contribution is -2.50. The van der Waals surface area contributed by atoms with E-state index < -0.39 is 12.1 Å². The standard InChI is InChI=1S/C27H31ClN6O4/c1-33(26(36)31-16-21-8-4-5-9-23(21)28)22(10-12-34-13-11-29-25(35)17-34)18-38-27(37)32-24-14-19-6-2-3-7-20(19)15-30-24/h2-9,14-15,22H,10-13,16-18H2,1H3,(H,29,35)(H,31,36)(H,30,32,37)/t22-/m0/s1. The molecule has 0 aliphatic carbocycles. The van der Waals surface area contributed by atoms with Gasteiger partial charge in [-0.2, -0.15) is 0 Å². The van der Waals surface area contributed by atoms with Gasteiger partial charge in [-0.15, -0.1) is 0 Å². The molecule has 0 spiro atoms. The van der Waals surface area contributed by atoms with Crippen molar-refractivity contribution < 1.29 is 19.1 Å². The van der Waals surface area contributed by atoms with Crippen molar-refractivity contribution in [3.05, 3.63) is 71.4 Å². The first-order valence-electron chi connectivity index (χ1n) is 12.4. The Labute approximate surface area is 226 Å². The molecule has 200 valence electrons. The first-order valence-corrected chi connectivity index (χ1v) is 12.8. The second-order valence-electron chi connectivity index (χ2n) is 9.07. The van der Waals surface area contributed by atoms with Crippen molar-refractivity contribution in [1.82, 2.24) is 25.4 Å². The number of rotatable bonds is 9. The number of nitrogens with one attached hydrogen (secondary N) is 3. The van der Waals surface area contributed by atoms with Crippen LogP contribution in [0.5, 0.6) is 0 Å². The number of piperazine rings is 1. The molecule has 3 N–H and O–H groups in total. The second-order valence-corrected chi connectivity index (χ2v) is 9.48. The Kier molecular flexibility index (Phi) is 9.34. The number of anilines is 1. The van der Waals surface area contributed by atoms with Gasteiger partial charge in [-0.3, -0.25) is 15.0 Å². The summed E-state index contributed by atoms with van der Waals surface area (Å²) in [7, 11) is 1.65. The second kappa shape index (κ2) is 13.1. The minimum absolute atomic E-state index is 0.0304. The van der Waals surface area contributed by atoms with E-state index >= 15 is 0 Å². The number of ether oxygens (including phenoxy) is 1. The van der Waals surface area contributed by atoms with Crippen LogP contribution in [0.3, 0.4) is 0 Å². The number of hydrogen-bond donors (Lipinski definition) is 3. The SMILES string of the molecule is CN(C(=O)NCc1ccccc1Cl)[C@@H](CCN1CCNC(=O)C1)COC(=O)Nc1cc2ccccc2cn1. The average molecular weight is 539 g/mol. The van der Waals surface area contributed by atoms with Gasteiger partial charge in [0.25, 0.3) is 0 Å². The lowest BCUT2D eigenvalue weighted by Gasteiger charge is -2.32. The smallest absolute Gasteiger partial charge is 0.412 e. The number of nitrogens with zero attached hydrogens (tertiary/aromatic N) is 3. The number of carbonyl (C=O) groups excluding carboxylic acids is 3. The number of pyridine rings is 1. The molecule has 1 aliphatic heterocycles. The van der Waals surface area contributed by atoms with Gasteiger partial charge < -0.3 is 20.3 Å². The van der Waals surface area contributed by atoms with Gasteiger partial charge in [0.1, 0.15) is 12.4 Å². The van der Waals surface area contributed by atoms with Gasteiger partial charge in [0, 0.05) is 49.8 Å². The number of urea groups is 1. The Morgan fingerprint density at radius 1 is 1.18 bits per heavy atom. The van der Waals surface area contributed by atoms with Crippen LogP contribution in [0, 0.1) is 0 Å². The number of halogens is 1. The number of likely N-dealkylation sites (N-methyl/N-ethyl adjacent to an activating group) is 1. The summed E-state index contributed by atoms with van der Waals surface area (Å²) in [5.74, 6) is 0.340. The molecule has 0 unspecified atom stereocenters. The number of amides is 4. The maximum Gasteiger partial charge on any atom is 0.412 e. The average Bonchev–Trinajstić information content (AvgIpc) is 2.92. The highest BCUT2D eigenvalue weighted by atomic mass is 35.5. The van der Waals surface area contributed by atoms with E-state index in [4.69, 9.17) is 16.3 Å². The molecule has 1 aliphatic rings. The molecule has 2 aromatic carbocycles. The molecule has 1 saturated heterocycles. The van der Waals surface area contributed by atoms with Gasteiger partial charge in [-0.1, -0.05) is 54.1 Å². The summed E-state index contributed by atoms with van der Waals surface area (Å²) in [5, 5.41) is 10.8. The maximum absolute atomic E-state index is 13.0. The molecule has 2 heterocycles. The largest absolute Gasteiger partial charge is 0.447 e. The summed E-state index contributed by atoms with van der Waals surface area (Å²) in [5.41, 5.74) is 0.797. The number of fused-ring (bicyclic) bond motifs is 1. The molecule has 4 amide bonds. The molecule has 1 atom stereocenters. The third kappa shape index (κ3) is 7.56. The molecule has 11 heteroatoms. The van der Waals surface area contributed by atoms with Gasteiger partial charge in [-0.25, -0.2) is 14.6 Å². The molecular weight excluding hydrogens is 508 g/mol. The topological polar surface area (TPSA) is 116 Å². The van der Waals surface area contributed by atoms with Crippen LogP contribution in [0.2, 0.25) is 5.02 Å². The van der Waals surface area contributed by atoms with Gasteiger partial charge in [0.2, 0.25) is 5.91 Å². The van der Waals surface area contributed by atoms with Crippen LogP contribution < -0.4 is 16.0 Å². The Bertz CT molecular complexity index is 1290. The van der Waals surface area contributed by atoms with Gasteiger partial charge in [0.05, 0.1) is 12.6 Å². The van der Waals surface area contributed by atoms with Crippen molar-refractivity contribution in [3.63, 3.8) is 0 Å². The van der Waals surface area contributed by atoms with Gasteiger partial charge in [0.15, 0.2) is 0 Å². The van der Waals surface area contributed by atoms with Gasteiger partial charge in [-0.05, 0) is 29.5 Å². The van der Waals surface area contributed by atoms with Crippen molar-refractivity contribution >= 4 is 46.2 Å². The van der Waals surface area contributed by atoms with Crippen LogP contribution in [0.15, 0.2) is 60.8 Å². The van der Waals surface area contributed by atoms with Crippen LogP contribution in [-0.4, -0.2) is 78.7 Å². The summed E-state index contributed by atoms with van der Waals surface area (Å²) in [6.45, 7) is 2.39. The predicted octanol–water partition coefficient (Wildman–Crippen LogP) is 3.47. The highest BCUT2D eigenvalue weighted by molar-refractivity contribution is 6.31. The van der Waals surface area contributed by atoms with Crippen molar-refractivity contribution in [3.8, 4) is 0 Å². The summed E-state index contributed by atoms with van der Waals surface area (Å²) in [4.78, 5) is 45.1. The van der Waals surface area contributed by atoms with Crippen LogP contribution in [0.1, 0.15) is 12.0 Å². The molecular formula is C27H31ClN6O4. The van der Waals surface area contributed by atoms with Gasteiger partial charge >= 0.3 is 12.1 Å². The van der Waals surface area contributed by atoms with E-state index in [1.165, 1.54) is 4.90 Å². The zero-order chi connectivity index (χ0) is 26.9. The fourth-order valence-corrected chi connectivity index (χ4v) is 4.37. The lowest BCUT2D eigenvalue weighted by molar-refractivity contribution is -0.124. The van der Waals surface area contributed by atoms with E-state index in [1.54, 1.807) is 25.4 Å². The third-order valence-electron chi connectivity index (χ3n) is 6.42. The molecule has 10 nitrogen and oxygen atoms in total. The molecule has 0 radical (unpaired) electrons. The molecule has 38 heavy (non-hydrogen) atoms. The Morgan fingerprint density at radius 2 is 1.95 bits per heavy atom. The minimum Gasteiger partial charge on any atom is -0.447 e. The normalized spacial score (nSPS) is 14.4. The first-order chi connectivity index (χ1) is 18.4. The van der Waals surface area contributed by atoms with E-state index in [0.717, 1.165) is 22.9 Å². The number of carbonyl (C=O) groups is 3. The summed E-state index contributed by atoms with van der Waals surface area (Å²) in [6.07, 6.45) is 1.52. The Morgan fingerprint density at radius 3 is 2.74 bits per heavy atom. The van der Waals surface area contributed by atoms with E-state index in [-0.39, 0.29) is 25.1 Å². The maximum atomic E-state index is 13.0.